The van der Waals surface area contributed by atoms with Gasteiger partial charge in [-0.1, -0.05) is 11.2 Å². The fraction of sp³-hybridized carbons (Fsp3) is 0.364. The van der Waals surface area contributed by atoms with Crippen molar-refractivity contribution in [3.63, 3.8) is 0 Å². The lowest BCUT2D eigenvalue weighted by atomic mass is 10.1. The Balaban J connectivity index is 1.40. The predicted molar refractivity (Wildman–Crippen MR) is 115 cm³/mol. The average molecular weight is 428 g/mol. The quantitative estimate of drug-likeness (QED) is 0.592. The summed E-state index contributed by atoms with van der Waals surface area (Å²) < 4.78 is 16.3. The number of thiophene rings is 1. The van der Waals surface area contributed by atoms with E-state index >= 15 is 0 Å². The molecule has 1 aliphatic heterocycles. The molecule has 0 saturated carbocycles. The molecule has 8 heteroatoms. The molecule has 1 aliphatic rings. The molecule has 158 valence electrons. The topological polar surface area (TPSA) is 76.8 Å². The van der Waals surface area contributed by atoms with Gasteiger partial charge in [-0.05, 0) is 42.6 Å². The van der Waals surface area contributed by atoms with Crippen molar-refractivity contribution in [1.29, 1.82) is 0 Å². The molecule has 2 aromatic heterocycles. The first-order valence-electron chi connectivity index (χ1n) is 10.1. The van der Waals surface area contributed by atoms with E-state index in [-0.39, 0.29) is 17.6 Å². The standard InChI is InChI=1S/C22H25N3O4S/c1-2-28-17-7-5-16(6-8-17)20-14-18(24-29-20)22(26)23-15-19(21-4-3-13-30-21)25-9-11-27-12-10-25/h3-8,13-14,19H,2,9-12,15H2,1H3,(H,23,26). The smallest absolute Gasteiger partial charge is 0.273 e. The van der Waals surface area contributed by atoms with Gasteiger partial charge in [0.15, 0.2) is 11.5 Å². The number of morpholine rings is 1. The predicted octanol–water partition coefficient (Wildman–Crippen LogP) is 3.61. The van der Waals surface area contributed by atoms with Gasteiger partial charge in [-0.3, -0.25) is 9.69 Å². The van der Waals surface area contributed by atoms with Gasteiger partial charge in [0.1, 0.15) is 5.75 Å². The zero-order valence-electron chi connectivity index (χ0n) is 16.9. The number of nitrogens with zero attached hydrogens (tertiary/aromatic N) is 2. The van der Waals surface area contributed by atoms with Crippen molar-refractivity contribution < 1.29 is 18.8 Å². The monoisotopic (exact) mass is 427 g/mol. The highest BCUT2D eigenvalue weighted by molar-refractivity contribution is 7.10. The largest absolute Gasteiger partial charge is 0.494 e. The molecular weight excluding hydrogens is 402 g/mol. The maximum absolute atomic E-state index is 12.7. The molecule has 1 amide bonds. The van der Waals surface area contributed by atoms with Crippen molar-refractivity contribution in [1.82, 2.24) is 15.4 Å². The van der Waals surface area contributed by atoms with E-state index < -0.39 is 0 Å². The van der Waals surface area contributed by atoms with E-state index in [1.54, 1.807) is 17.4 Å². The lowest BCUT2D eigenvalue weighted by Crippen LogP contribution is -2.43. The fourth-order valence-corrected chi connectivity index (χ4v) is 4.32. The first kappa shape index (κ1) is 20.6. The number of amides is 1. The fourth-order valence-electron chi connectivity index (χ4n) is 3.46. The number of nitrogens with one attached hydrogen (secondary N) is 1. The molecule has 3 aromatic rings. The highest BCUT2D eigenvalue weighted by atomic mass is 32.1. The number of hydrogen-bond donors (Lipinski definition) is 1. The molecule has 1 aromatic carbocycles. The molecule has 1 saturated heterocycles. The summed E-state index contributed by atoms with van der Waals surface area (Å²) in [5, 5.41) is 9.03. The molecule has 4 rings (SSSR count). The van der Waals surface area contributed by atoms with E-state index in [0.717, 1.165) is 24.4 Å². The van der Waals surface area contributed by atoms with E-state index in [9.17, 15) is 4.79 Å². The molecule has 0 spiro atoms. The minimum Gasteiger partial charge on any atom is -0.494 e. The number of hydrogen-bond acceptors (Lipinski definition) is 7. The van der Waals surface area contributed by atoms with Gasteiger partial charge < -0.3 is 19.3 Å². The van der Waals surface area contributed by atoms with Gasteiger partial charge in [0.05, 0.1) is 25.9 Å². The Morgan fingerprint density at radius 2 is 2.07 bits per heavy atom. The van der Waals surface area contributed by atoms with Crippen LogP contribution in [0.1, 0.15) is 28.3 Å². The Hall–Kier alpha value is -2.68. The minimum absolute atomic E-state index is 0.121. The summed E-state index contributed by atoms with van der Waals surface area (Å²) in [5.41, 5.74) is 1.11. The van der Waals surface area contributed by atoms with Crippen molar-refractivity contribution in [2.45, 2.75) is 13.0 Å². The third-order valence-corrected chi connectivity index (χ3v) is 5.98. The minimum atomic E-state index is -0.245. The van der Waals surface area contributed by atoms with Crippen LogP contribution < -0.4 is 10.1 Å². The number of carbonyl (C=O) groups excluding carboxylic acids is 1. The number of benzene rings is 1. The lowest BCUT2D eigenvalue weighted by Gasteiger charge is -2.34. The zero-order valence-corrected chi connectivity index (χ0v) is 17.7. The van der Waals surface area contributed by atoms with E-state index in [1.807, 2.05) is 37.3 Å². The molecule has 0 radical (unpaired) electrons. The van der Waals surface area contributed by atoms with Crippen LogP contribution in [-0.4, -0.2) is 55.4 Å². The SMILES string of the molecule is CCOc1ccc(-c2cc(C(=O)NCC(c3cccs3)N3CCOCC3)no2)cc1. The number of aromatic nitrogens is 1. The highest BCUT2D eigenvalue weighted by Gasteiger charge is 2.24. The Morgan fingerprint density at radius 1 is 1.27 bits per heavy atom. The van der Waals surface area contributed by atoms with Crippen LogP contribution in [0, 0.1) is 0 Å². The number of ether oxygens (including phenoxy) is 2. The van der Waals surface area contributed by atoms with Crippen molar-refractivity contribution in [2.75, 3.05) is 39.5 Å². The Labute approximate surface area is 179 Å². The van der Waals surface area contributed by atoms with Crippen LogP contribution in [0.25, 0.3) is 11.3 Å². The zero-order chi connectivity index (χ0) is 20.8. The van der Waals surface area contributed by atoms with E-state index in [4.69, 9.17) is 14.0 Å². The van der Waals surface area contributed by atoms with E-state index in [0.29, 0.717) is 32.1 Å². The lowest BCUT2D eigenvalue weighted by molar-refractivity contribution is 0.0169. The molecule has 30 heavy (non-hydrogen) atoms. The molecule has 7 nitrogen and oxygen atoms in total. The summed E-state index contributed by atoms with van der Waals surface area (Å²) in [6, 6.07) is 13.4. The molecule has 0 aliphatic carbocycles. The van der Waals surface area contributed by atoms with Crippen molar-refractivity contribution >= 4 is 17.2 Å². The summed E-state index contributed by atoms with van der Waals surface area (Å²) in [6.45, 7) is 6.19. The van der Waals surface area contributed by atoms with E-state index in [1.165, 1.54) is 4.88 Å². The van der Waals surface area contributed by atoms with Gasteiger partial charge in [-0.15, -0.1) is 11.3 Å². The van der Waals surface area contributed by atoms with Crippen molar-refractivity contribution in [2.24, 2.45) is 0 Å². The molecular formula is C22H25N3O4S. The van der Waals surface area contributed by atoms with Crippen LogP contribution in [0.3, 0.4) is 0 Å². The summed E-state index contributed by atoms with van der Waals surface area (Å²) in [7, 11) is 0. The summed E-state index contributed by atoms with van der Waals surface area (Å²) >= 11 is 1.70. The second kappa shape index (κ2) is 9.88. The Morgan fingerprint density at radius 3 is 2.77 bits per heavy atom. The van der Waals surface area contributed by atoms with Crippen LogP contribution >= 0.6 is 11.3 Å². The molecule has 3 heterocycles. The van der Waals surface area contributed by atoms with Crippen LogP contribution in [0.2, 0.25) is 0 Å². The second-order valence-electron chi connectivity index (χ2n) is 6.92. The van der Waals surface area contributed by atoms with Crippen LogP contribution in [0.4, 0.5) is 0 Å². The molecule has 1 atom stereocenters. The van der Waals surface area contributed by atoms with Crippen molar-refractivity contribution in [3.05, 3.63) is 58.4 Å². The molecule has 1 N–H and O–H groups in total. The second-order valence-corrected chi connectivity index (χ2v) is 7.90. The molecule has 1 fully saturated rings. The normalized spacial score (nSPS) is 15.6. The van der Waals surface area contributed by atoms with Gasteiger partial charge in [0.25, 0.3) is 5.91 Å². The molecule has 1 unspecified atom stereocenters. The van der Waals surface area contributed by atoms with Gasteiger partial charge in [-0.2, -0.15) is 0 Å². The number of carbonyl (C=O) groups is 1. The summed E-state index contributed by atoms with van der Waals surface area (Å²) in [4.78, 5) is 16.3. The molecule has 0 bridgehead atoms. The van der Waals surface area contributed by atoms with Gasteiger partial charge >= 0.3 is 0 Å². The Kier molecular flexibility index (Phi) is 6.78. The first-order chi connectivity index (χ1) is 14.7. The van der Waals surface area contributed by atoms with Crippen molar-refractivity contribution in [3.8, 4) is 17.1 Å². The average Bonchev–Trinajstić information content (AvgIpc) is 3.48. The van der Waals surface area contributed by atoms with E-state index in [2.05, 4.69) is 26.8 Å². The third kappa shape index (κ3) is 4.89. The van der Waals surface area contributed by atoms with Crippen LogP contribution in [0.5, 0.6) is 5.75 Å². The highest BCUT2D eigenvalue weighted by Crippen LogP contribution is 2.26. The first-order valence-corrected chi connectivity index (χ1v) is 11.0. The summed E-state index contributed by atoms with van der Waals surface area (Å²) in [6.07, 6.45) is 0. The van der Waals surface area contributed by atoms with Gasteiger partial charge in [0.2, 0.25) is 0 Å². The van der Waals surface area contributed by atoms with Crippen LogP contribution in [-0.2, 0) is 4.74 Å². The third-order valence-electron chi connectivity index (χ3n) is 5.01. The maximum atomic E-state index is 12.7. The Bertz CT molecular complexity index is 934. The summed E-state index contributed by atoms with van der Waals surface area (Å²) in [5.74, 6) is 1.10. The van der Waals surface area contributed by atoms with Crippen LogP contribution in [0.15, 0.2) is 52.4 Å². The van der Waals surface area contributed by atoms with Gasteiger partial charge in [-0.25, -0.2) is 0 Å². The van der Waals surface area contributed by atoms with Gasteiger partial charge in [0, 0.05) is 36.1 Å². The maximum Gasteiger partial charge on any atom is 0.273 e. The number of rotatable bonds is 8.